The SMILES string of the molecule is Cc1oncc1C(=O)NCC1CCC1. The fourth-order valence-corrected chi connectivity index (χ4v) is 1.55. The molecule has 1 aliphatic carbocycles. The summed E-state index contributed by atoms with van der Waals surface area (Å²) in [4.78, 5) is 11.6. The van der Waals surface area contributed by atoms with E-state index in [0.29, 0.717) is 17.2 Å². The van der Waals surface area contributed by atoms with Gasteiger partial charge in [-0.3, -0.25) is 4.79 Å². The third-order valence-corrected chi connectivity index (χ3v) is 2.77. The first-order valence-electron chi connectivity index (χ1n) is 4.97. The molecule has 4 heteroatoms. The molecule has 2 rings (SSSR count). The van der Waals surface area contributed by atoms with Crippen LogP contribution in [0.3, 0.4) is 0 Å². The summed E-state index contributed by atoms with van der Waals surface area (Å²) in [6.45, 7) is 2.52. The fraction of sp³-hybridized carbons (Fsp3) is 0.600. The smallest absolute Gasteiger partial charge is 0.256 e. The highest BCUT2D eigenvalue weighted by Gasteiger charge is 2.19. The second kappa shape index (κ2) is 3.82. The lowest BCUT2D eigenvalue weighted by atomic mass is 9.85. The van der Waals surface area contributed by atoms with E-state index >= 15 is 0 Å². The van der Waals surface area contributed by atoms with Crippen molar-refractivity contribution < 1.29 is 9.32 Å². The number of aromatic nitrogens is 1. The Hall–Kier alpha value is -1.32. The van der Waals surface area contributed by atoms with Crippen LogP contribution in [0, 0.1) is 12.8 Å². The third-order valence-electron chi connectivity index (χ3n) is 2.77. The van der Waals surface area contributed by atoms with Gasteiger partial charge in [-0.15, -0.1) is 0 Å². The third kappa shape index (κ3) is 1.78. The molecule has 0 atom stereocenters. The van der Waals surface area contributed by atoms with E-state index in [4.69, 9.17) is 4.52 Å². The Kier molecular flexibility index (Phi) is 2.52. The number of hydrogen-bond donors (Lipinski definition) is 1. The highest BCUT2D eigenvalue weighted by Crippen LogP contribution is 2.25. The number of nitrogens with zero attached hydrogens (tertiary/aromatic N) is 1. The molecule has 1 fully saturated rings. The van der Waals surface area contributed by atoms with Gasteiger partial charge in [0.05, 0.1) is 6.20 Å². The zero-order valence-corrected chi connectivity index (χ0v) is 8.25. The van der Waals surface area contributed by atoms with E-state index in [9.17, 15) is 4.79 Å². The summed E-state index contributed by atoms with van der Waals surface area (Å²) in [7, 11) is 0. The molecule has 1 aromatic heterocycles. The van der Waals surface area contributed by atoms with E-state index in [2.05, 4.69) is 10.5 Å². The van der Waals surface area contributed by atoms with Crippen LogP contribution in [0.1, 0.15) is 35.4 Å². The Morgan fingerprint density at radius 1 is 1.71 bits per heavy atom. The van der Waals surface area contributed by atoms with Crippen LogP contribution >= 0.6 is 0 Å². The summed E-state index contributed by atoms with van der Waals surface area (Å²) >= 11 is 0. The molecule has 0 saturated heterocycles. The average Bonchev–Trinajstić information content (AvgIpc) is 2.48. The number of amides is 1. The number of carbonyl (C=O) groups is 1. The minimum absolute atomic E-state index is 0.0735. The van der Waals surface area contributed by atoms with Crippen molar-refractivity contribution in [3.05, 3.63) is 17.5 Å². The van der Waals surface area contributed by atoms with Crippen molar-refractivity contribution in [2.75, 3.05) is 6.54 Å². The Balaban J connectivity index is 1.86. The quantitative estimate of drug-likeness (QED) is 0.793. The van der Waals surface area contributed by atoms with E-state index in [1.165, 1.54) is 25.5 Å². The Bertz CT molecular complexity index is 329. The molecule has 1 amide bonds. The maximum Gasteiger partial charge on any atom is 0.256 e. The van der Waals surface area contributed by atoms with E-state index < -0.39 is 0 Å². The monoisotopic (exact) mass is 194 g/mol. The molecule has 76 valence electrons. The molecule has 1 aliphatic rings. The van der Waals surface area contributed by atoms with Gasteiger partial charge in [0.15, 0.2) is 0 Å². The first-order valence-corrected chi connectivity index (χ1v) is 4.97. The molecule has 1 N–H and O–H groups in total. The molecular weight excluding hydrogens is 180 g/mol. The van der Waals surface area contributed by atoms with Gasteiger partial charge in [0.2, 0.25) is 0 Å². The summed E-state index contributed by atoms with van der Waals surface area (Å²) in [6.07, 6.45) is 5.24. The van der Waals surface area contributed by atoms with Crippen LogP contribution in [0.25, 0.3) is 0 Å². The van der Waals surface area contributed by atoms with Crippen molar-refractivity contribution in [3.8, 4) is 0 Å². The van der Waals surface area contributed by atoms with Gasteiger partial charge in [-0.05, 0) is 25.7 Å². The van der Waals surface area contributed by atoms with Crippen LogP contribution in [0.15, 0.2) is 10.7 Å². The summed E-state index contributed by atoms with van der Waals surface area (Å²) in [6, 6.07) is 0. The van der Waals surface area contributed by atoms with Crippen LogP contribution in [-0.4, -0.2) is 17.6 Å². The molecule has 14 heavy (non-hydrogen) atoms. The summed E-state index contributed by atoms with van der Waals surface area (Å²) in [5, 5.41) is 6.46. The summed E-state index contributed by atoms with van der Waals surface area (Å²) in [5.74, 6) is 1.19. The zero-order valence-electron chi connectivity index (χ0n) is 8.25. The van der Waals surface area contributed by atoms with Crippen molar-refractivity contribution in [3.63, 3.8) is 0 Å². The summed E-state index contributed by atoms with van der Waals surface area (Å²) in [5.41, 5.74) is 0.546. The second-order valence-corrected chi connectivity index (χ2v) is 3.80. The van der Waals surface area contributed by atoms with Crippen LogP contribution < -0.4 is 5.32 Å². The molecule has 1 heterocycles. The number of aryl methyl sites for hydroxylation is 1. The topological polar surface area (TPSA) is 55.1 Å². The maximum absolute atomic E-state index is 11.6. The van der Waals surface area contributed by atoms with E-state index in [1.54, 1.807) is 6.92 Å². The fourth-order valence-electron chi connectivity index (χ4n) is 1.55. The van der Waals surface area contributed by atoms with E-state index in [-0.39, 0.29) is 5.91 Å². The molecule has 0 unspecified atom stereocenters. The predicted octanol–water partition coefficient (Wildman–Crippen LogP) is 1.51. The molecule has 0 bridgehead atoms. The molecule has 0 aliphatic heterocycles. The van der Waals surface area contributed by atoms with Gasteiger partial charge < -0.3 is 9.84 Å². The lowest BCUT2D eigenvalue weighted by Crippen LogP contribution is -2.32. The predicted molar refractivity (Wildman–Crippen MR) is 50.9 cm³/mol. The zero-order chi connectivity index (χ0) is 9.97. The highest BCUT2D eigenvalue weighted by atomic mass is 16.5. The first-order chi connectivity index (χ1) is 6.77. The van der Waals surface area contributed by atoms with Crippen molar-refractivity contribution in [1.29, 1.82) is 0 Å². The normalized spacial score (nSPS) is 16.4. The van der Waals surface area contributed by atoms with Crippen molar-refractivity contribution in [2.45, 2.75) is 26.2 Å². The van der Waals surface area contributed by atoms with Gasteiger partial charge in [0, 0.05) is 6.54 Å². The standard InChI is InChI=1S/C10H14N2O2/c1-7-9(6-12-14-7)10(13)11-5-8-3-2-4-8/h6,8H,2-5H2,1H3,(H,11,13). The number of carbonyl (C=O) groups excluding carboxylic acids is 1. The minimum atomic E-state index is -0.0735. The van der Waals surface area contributed by atoms with E-state index in [0.717, 1.165) is 6.54 Å². The maximum atomic E-state index is 11.6. The number of rotatable bonds is 3. The van der Waals surface area contributed by atoms with Gasteiger partial charge in [-0.25, -0.2) is 0 Å². The van der Waals surface area contributed by atoms with Gasteiger partial charge in [-0.1, -0.05) is 11.6 Å². The molecule has 1 saturated carbocycles. The molecule has 0 aromatic carbocycles. The molecule has 0 radical (unpaired) electrons. The van der Waals surface area contributed by atoms with Gasteiger partial charge in [0.25, 0.3) is 5.91 Å². The molecule has 1 aromatic rings. The van der Waals surface area contributed by atoms with Crippen molar-refractivity contribution in [1.82, 2.24) is 10.5 Å². The largest absolute Gasteiger partial charge is 0.361 e. The van der Waals surface area contributed by atoms with Crippen molar-refractivity contribution >= 4 is 5.91 Å². The van der Waals surface area contributed by atoms with Gasteiger partial charge in [-0.2, -0.15) is 0 Å². The van der Waals surface area contributed by atoms with Crippen LogP contribution in [-0.2, 0) is 0 Å². The average molecular weight is 194 g/mol. The van der Waals surface area contributed by atoms with Crippen LogP contribution in [0.2, 0.25) is 0 Å². The van der Waals surface area contributed by atoms with Crippen molar-refractivity contribution in [2.24, 2.45) is 5.92 Å². The van der Waals surface area contributed by atoms with Gasteiger partial charge in [0.1, 0.15) is 11.3 Å². The van der Waals surface area contributed by atoms with E-state index in [1.807, 2.05) is 0 Å². The lowest BCUT2D eigenvalue weighted by Gasteiger charge is -2.25. The number of hydrogen-bond acceptors (Lipinski definition) is 3. The molecular formula is C10H14N2O2. The molecule has 0 spiro atoms. The second-order valence-electron chi connectivity index (χ2n) is 3.80. The minimum Gasteiger partial charge on any atom is -0.361 e. The molecule has 4 nitrogen and oxygen atoms in total. The first kappa shape index (κ1) is 9.24. The number of nitrogens with one attached hydrogen (secondary N) is 1. The van der Waals surface area contributed by atoms with Crippen LogP contribution in [0.5, 0.6) is 0 Å². The van der Waals surface area contributed by atoms with Crippen LogP contribution in [0.4, 0.5) is 0 Å². The highest BCUT2D eigenvalue weighted by molar-refractivity contribution is 5.94. The summed E-state index contributed by atoms with van der Waals surface area (Å²) < 4.78 is 4.82. The van der Waals surface area contributed by atoms with Gasteiger partial charge >= 0.3 is 0 Å². The Morgan fingerprint density at radius 3 is 3.00 bits per heavy atom. The lowest BCUT2D eigenvalue weighted by molar-refractivity contribution is 0.0937. The Labute approximate surface area is 82.7 Å². The Morgan fingerprint density at radius 2 is 2.50 bits per heavy atom.